The minimum Gasteiger partial charge on any atom is -0.341 e. The zero-order chi connectivity index (χ0) is 13.1. The maximum atomic E-state index is 5.89. The van der Waals surface area contributed by atoms with E-state index in [-0.39, 0.29) is 18.3 Å². The highest BCUT2D eigenvalue weighted by Crippen LogP contribution is 2.43. The number of fused-ring (bicyclic) bond motifs is 3. The summed E-state index contributed by atoms with van der Waals surface area (Å²) < 4.78 is 28.9. The minimum absolute atomic E-state index is 0.262. The second-order valence-corrected chi connectivity index (χ2v) is 5.76. The van der Waals surface area contributed by atoms with Crippen LogP contribution >= 0.6 is 0 Å². The Bertz CT molecular complexity index is 397. The van der Waals surface area contributed by atoms with Gasteiger partial charge in [-0.1, -0.05) is 5.92 Å². The Morgan fingerprint density at radius 1 is 0.833 bits per heavy atom. The molecule has 0 saturated carbocycles. The molecular formula is C13H18O5. The molecule has 0 aromatic heterocycles. The SMILES string of the molecule is C#CC1OC2OC(C)(C)OC2C2OC(C)(C)OC12. The highest BCUT2D eigenvalue weighted by atomic mass is 16.9. The Kier molecular flexibility index (Phi) is 2.54. The third-order valence-corrected chi connectivity index (χ3v) is 3.32. The summed E-state index contributed by atoms with van der Waals surface area (Å²) in [6, 6.07) is 0. The Morgan fingerprint density at radius 2 is 1.39 bits per heavy atom. The van der Waals surface area contributed by atoms with Crippen LogP contribution in [0.3, 0.4) is 0 Å². The van der Waals surface area contributed by atoms with Gasteiger partial charge in [0.25, 0.3) is 0 Å². The molecule has 3 fully saturated rings. The van der Waals surface area contributed by atoms with Crippen LogP contribution in [0.2, 0.25) is 0 Å². The van der Waals surface area contributed by atoms with E-state index in [0.29, 0.717) is 0 Å². The number of hydrogen-bond donors (Lipinski definition) is 0. The molecule has 3 aliphatic heterocycles. The van der Waals surface area contributed by atoms with Crippen molar-refractivity contribution in [1.29, 1.82) is 0 Å². The summed E-state index contributed by atoms with van der Waals surface area (Å²) in [5.41, 5.74) is 0. The summed E-state index contributed by atoms with van der Waals surface area (Å²) in [6.45, 7) is 7.40. The van der Waals surface area contributed by atoms with Crippen LogP contribution in [-0.2, 0) is 23.7 Å². The van der Waals surface area contributed by atoms with Crippen LogP contribution in [0.4, 0.5) is 0 Å². The molecule has 0 aromatic rings. The van der Waals surface area contributed by atoms with Gasteiger partial charge in [0.2, 0.25) is 0 Å². The number of hydrogen-bond acceptors (Lipinski definition) is 5. The van der Waals surface area contributed by atoms with E-state index in [0.717, 1.165) is 0 Å². The van der Waals surface area contributed by atoms with E-state index in [1.54, 1.807) is 0 Å². The first-order valence-electron chi connectivity index (χ1n) is 6.14. The molecule has 5 unspecified atom stereocenters. The molecule has 100 valence electrons. The number of ether oxygens (including phenoxy) is 5. The maximum Gasteiger partial charge on any atom is 0.191 e. The fraction of sp³-hybridized carbons (Fsp3) is 0.846. The first-order chi connectivity index (χ1) is 8.31. The first-order valence-corrected chi connectivity index (χ1v) is 6.14. The number of terminal acetylenes is 1. The van der Waals surface area contributed by atoms with Gasteiger partial charge < -0.3 is 23.7 Å². The van der Waals surface area contributed by atoms with Crippen molar-refractivity contribution in [2.24, 2.45) is 0 Å². The van der Waals surface area contributed by atoms with Crippen LogP contribution in [0.25, 0.3) is 0 Å². The van der Waals surface area contributed by atoms with Gasteiger partial charge in [-0.15, -0.1) is 6.42 Å². The van der Waals surface area contributed by atoms with Crippen molar-refractivity contribution in [3.8, 4) is 12.3 Å². The predicted octanol–water partition coefficient (Wildman–Crippen LogP) is 1.02. The smallest absolute Gasteiger partial charge is 0.191 e. The largest absolute Gasteiger partial charge is 0.341 e. The lowest BCUT2D eigenvalue weighted by Gasteiger charge is -2.34. The topological polar surface area (TPSA) is 46.2 Å². The van der Waals surface area contributed by atoms with Gasteiger partial charge in [0.05, 0.1) is 0 Å². The molecule has 5 heteroatoms. The van der Waals surface area contributed by atoms with E-state index in [2.05, 4.69) is 5.92 Å². The van der Waals surface area contributed by atoms with Gasteiger partial charge in [-0.3, -0.25) is 0 Å². The van der Waals surface area contributed by atoms with Crippen molar-refractivity contribution < 1.29 is 23.7 Å². The molecule has 0 N–H and O–H groups in total. The molecule has 5 atom stereocenters. The quantitative estimate of drug-likeness (QED) is 0.604. The van der Waals surface area contributed by atoms with Crippen molar-refractivity contribution in [3.05, 3.63) is 0 Å². The normalized spacial score (nSPS) is 48.3. The summed E-state index contributed by atoms with van der Waals surface area (Å²) in [7, 11) is 0. The Hall–Kier alpha value is -0.640. The summed E-state index contributed by atoms with van der Waals surface area (Å²) in [6.07, 6.45) is 3.63. The lowest BCUT2D eigenvalue weighted by Crippen LogP contribution is -2.54. The van der Waals surface area contributed by atoms with Crippen molar-refractivity contribution in [2.75, 3.05) is 0 Å². The van der Waals surface area contributed by atoms with E-state index in [1.165, 1.54) is 0 Å². The van der Waals surface area contributed by atoms with E-state index in [1.807, 2.05) is 27.7 Å². The minimum atomic E-state index is -0.695. The van der Waals surface area contributed by atoms with Gasteiger partial charge in [0.15, 0.2) is 17.9 Å². The van der Waals surface area contributed by atoms with Gasteiger partial charge >= 0.3 is 0 Å². The van der Waals surface area contributed by atoms with E-state index < -0.39 is 24.0 Å². The van der Waals surface area contributed by atoms with E-state index >= 15 is 0 Å². The molecule has 0 aliphatic carbocycles. The Morgan fingerprint density at radius 3 is 2.06 bits per heavy atom. The van der Waals surface area contributed by atoms with Gasteiger partial charge in [0.1, 0.15) is 24.4 Å². The second kappa shape index (κ2) is 3.69. The van der Waals surface area contributed by atoms with Crippen LogP contribution < -0.4 is 0 Å². The Balaban J connectivity index is 1.89. The van der Waals surface area contributed by atoms with Gasteiger partial charge in [0, 0.05) is 0 Å². The van der Waals surface area contributed by atoms with Crippen molar-refractivity contribution in [3.63, 3.8) is 0 Å². The molecule has 0 aromatic carbocycles. The molecule has 3 rings (SSSR count). The summed E-state index contributed by atoms with van der Waals surface area (Å²) in [5.74, 6) is 1.21. The standard InChI is InChI=1S/C13H18O5/c1-6-7-8-9(16-12(2,3)15-8)10-11(14-7)18-13(4,5)17-10/h1,7-11H,2-5H3. The zero-order valence-corrected chi connectivity index (χ0v) is 11.0. The van der Waals surface area contributed by atoms with Gasteiger partial charge in [-0.25, -0.2) is 0 Å². The van der Waals surface area contributed by atoms with Crippen LogP contribution in [0, 0.1) is 12.3 Å². The highest BCUT2D eigenvalue weighted by molar-refractivity contribution is 5.10. The van der Waals surface area contributed by atoms with Crippen molar-refractivity contribution in [1.82, 2.24) is 0 Å². The third kappa shape index (κ3) is 1.85. The van der Waals surface area contributed by atoms with Crippen molar-refractivity contribution in [2.45, 2.75) is 70.0 Å². The second-order valence-electron chi connectivity index (χ2n) is 5.76. The van der Waals surface area contributed by atoms with E-state index in [4.69, 9.17) is 30.1 Å². The first kappa shape index (κ1) is 12.4. The summed E-state index contributed by atoms with van der Waals surface area (Å²) >= 11 is 0. The highest BCUT2D eigenvalue weighted by Gasteiger charge is 2.60. The fourth-order valence-electron chi connectivity index (χ4n) is 2.75. The lowest BCUT2D eigenvalue weighted by molar-refractivity contribution is -0.220. The average molecular weight is 254 g/mol. The van der Waals surface area contributed by atoms with Crippen LogP contribution in [0.5, 0.6) is 0 Å². The van der Waals surface area contributed by atoms with Crippen LogP contribution in [0.1, 0.15) is 27.7 Å². The summed E-state index contributed by atoms with van der Waals surface area (Å²) in [5, 5.41) is 0. The third-order valence-electron chi connectivity index (χ3n) is 3.32. The molecule has 3 saturated heterocycles. The van der Waals surface area contributed by atoms with Gasteiger partial charge in [-0.05, 0) is 27.7 Å². The maximum absolute atomic E-state index is 5.89. The molecule has 0 radical (unpaired) electrons. The average Bonchev–Trinajstić information content (AvgIpc) is 2.71. The van der Waals surface area contributed by atoms with Crippen LogP contribution in [0.15, 0.2) is 0 Å². The van der Waals surface area contributed by atoms with Gasteiger partial charge in [-0.2, -0.15) is 0 Å². The molecule has 5 nitrogen and oxygen atoms in total. The predicted molar refractivity (Wildman–Crippen MR) is 61.4 cm³/mol. The molecular weight excluding hydrogens is 236 g/mol. The van der Waals surface area contributed by atoms with Crippen LogP contribution in [-0.4, -0.2) is 42.3 Å². The fourth-order valence-corrected chi connectivity index (χ4v) is 2.75. The lowest BCUT2D eigenvalue weighted by atomic mass is 9.99. The monoisotopic (exact) mass is 254 g/mol. The Labute approximate surface area is 107 Å². The molecule has 3 aliphatic rings. The number of rotatable bonds is 0. The molecule has 0 spiro atoms. The molecule has 0 amide bonds. The van der Waals surface area contributed by atoms with Crippen molar-refractivity contribution >= 4 is 0 Å². The molecule has 18 heavy (non-hydrogen) atoms. The molecule has 3 heterocycles. The molecule has 0 bridgehead atoms. The zero-order valence-electron chi connectivity index (χ0n) is 11.0. The summed E-state index contributed by atoms with van der Waals surface area (Å²) in [4.78, 5) is 0. The van der Waals surface area contributed by atoms with E-state index in [9.17, 15) is 0 Å².